The number of rotatable bonds is 6. The van der Waals surface area contributed by atoms with Gasteiger partial charge in [-0.25, -0.2) is 0 Å². The molecule has 0 bridgehead atoms. The maximum absolute atomic E-state index is 12.6. The molecule has 152 valence electrons. The molecular formula is C21H17N3O5S. The number of hydrogen-bond donors (Lipinski definition) is 1. The highest BCUT2D eigenvalue weighted by molar-refractivity contribution is 8.18. The van der Waals surface area contributed by atoms with Crippen LogP contribution in [0.2, 0.25) is 0 Å². The Labute approximate surface area is 177 Å². The molecule has 3 amide bonds. The quantitative estimate of drug-likeness (QED) is 0.711. The van der Waals surface area contributed by atoms with Crippen molar-refractivity contribution in [2.75, 3.05) is 26.1 Å². The predicted molar refractivity (Wildman–Crippen MR) is 112 cm³/mol. The van der Waals surface area contributed by atoms with Gasteiger partial charge in [-0.1, -0.05) is 18.2 Å². The van der Waals surface area contributed by atoms with Gasteiger partial charge in [0.2, 0.25) is 5.91 Å². The maximum Gasteiger partial charge on any atom is 0.294 e. The number of hydrogen-bond acceptors (Lipinski definition) is 7. The highest BCUT2D eigenvalue weighted by Crippen LogP contribution is 2.34. The van der Waals surface area contributed by atoms with Gasteiger partial charge in [-0.15, -0.1) is 0 Å². The Bertz CT molecular complexity index is 1090. The second-order valence-electron chi connectivity index (χ2n) is 6.09. The molecule has 0 unspecified atom stereocenters. The number of nitrogens with one attached hydrogen (secondary N) is 1. The number of ether oxygens (including phenoxy) is 2. The lowest BCUT2D eigenvalue weighted by Gasteiger charge is -2.13. The molecule has 0 aromatic heterocycles. The minimum absolute atomic E-state index is 0.192. The number of nitriles is 1. The van der Waals surface area contributed by atoms with Crippen LogP contribution in [0.4, 0.5) is 10.5 Å². The summed E-state index contributed by atoms with van der Waals surface area (Å²) in [5.41, 5.74) is 1.25. The summed E-state index contributed by atoms with van der Waals surface area (Å²) in [5.74, 6) is -0.117. The highest BCUT2D eigenvalue weighted by atomic mass is 32.2. The van der Waals surface area contributed by atoms with E-state index in [1.165, 1.54) is 14.2 Å². The van der Waals surface area contributed by atoms with Gasteiger partial charge in [-0.2, -0.15) is 5.26 Å². The van der Waals surface area contributed by atoms with Crippen LogP contribution in [0.3, 0.4) is 0 Å². The van der Waals surface area contributed by atoms with E-state index in [-0.39, 0.29) is 10.5 Å². The normalized spacial score (nSPS) is 14.6. The van der Waals surface area contributed by atoms with Gasteiger partial charge in [0.25, 0.3) is 11.1 Å². The zero-order chi connectivity index (χ0) is 21.7. The molecule has 1 N–H and O–H groups in total. The zero-order valence-corrected chi connectivity index (χ0v) is 17.0. The fourth-order valence-electron chi connectivity index (χ4n) is 2.75. The number of nitrogens with zero attached hydrogens (tertiary/aromatic N) is 2. The van der Waals surface area contributed by atoms with Gasteiger partial charge in [0, 0.05) is 0 Å². The van der Waals surface area contributed by atoms with Crippen molar-refractivity contribution in [2.24, 2.45) is 0 Å². The van der Waals surface area contributed by atoms with Crippen LogP contribution in [0.1, 0.15) is 11.1 Å². The second-order valence-corrected chi connectivity index (χ2v) is 7.08. The average molecular weight is 423 g/mol. The Kier molecular flexibility index (Phi) is 6.39. The molecule has 1 aliphatic heterocycles. The fourth-order valence-corrected chi connectivity index (χ4v) is 3.59. The topological polar surface area (TPSA) is 109 Å². The van der Waals surface area contributed by atoms with Crippen molar-refractivity contribution in [3.8, 4) is 17.6 Å². The van der Waals surface area contributed by atoms with Crippen molar-refractivity contribution in [1.82, 2.24) is 4.90 Å². The van der Waals surface area contributed by atoms with E-state index in [1.807, 2.05) is 6.07 Å². The summed E-state index contributed by atoms with van der Waals surface area (Å²) < 4.78 is 10.4. The van der Waals surface area contributed by atoms with Crippen molar-refractivity contribution >= 4 is 40.6 Å². The maximum atomic E-state index is 12.6. The third kappa shape index (κ3) is 4.45. The standard InChI is InChI=1S/C21H17N3O5S/c1-28-16-8-7-13(9-17(16)29-2)10-18-20(26)24(21(27)30-18)12-19(25)23-15-6-4-3-5-14(15)11-22/h3-10H,12H2,1-2H3,(H,23,25). The van der Waals surface area contributed by atoms with Crippen molar-refractivity contribution in [2.45, 2.75) is 0 Å². The van der Waals surface area contributed by atoms with E-state index in [0.29, 0.717) is 22.7 Å². The van der Waals surface area contributed by atoms with E-state index in [1.54, 1.807) is 48.5 Å². The van der Waals surface area contributed by atoms with Crippen LogP contribution in [-0.4, -0.2) is 42.7 Å². The molecule has 0 saturated carbocycles. The van der Waals surface area contributed by atoms with Crippen molar-refractivity contribution in [1.29, 1.82) is 5.26 Å². The Hall–Kier alpha value is -3.77. The molecule has 0 atom stereocenters. The number of amides is 3. The summed E-state index contributed by atoms with van der Waals surface area (Å²) in [7, 11) is 3.02. The monoisotopic (exact) mass is 423 g/mol. The average Bonchev–Trinajstić information content (AvgIpc) is 3.01. The summed E-state index contributed by atoms with van der Waals surface area (Å²) in [6.45, 7) is -0.451. The molecule has 9 heteroatoms. The Morgan fingerprint density at radius 3 is 2.60 bits per heavy atom. The number of carbonyl (C=O) groups is 3. The summed E-state index contributed by atoms with van der Waals surface area (Å²) in [5, 5.41) is 11.1. The molecule has 8 nitrogen and oxygen atoms in total. The molecular weight excluding hydrogens is 406 g/mol. The van der Waals surface area contributed by atoms with Gasteiger partial charge in [-0.3, -0.25) is 19.3 Å². The molecule has 1 saturated heterocycles. The number of thioether (sulfide) groups is 1. The molecule has 0 aliphatic carbocycles. The van der Waals surface area contributed by atoms with Crippen LogP contribution in [0.5, 0.6) is 11.5 Å². The predicted octanol–water partition coefficient (Wildman–Crippen LogP) is 3.25. The molecule has 2 aromatic carbocycles. The van der Waals surface area contributed by atoms with Crippen LogP contribution in [0, 0.1) is 11.3 Å². The Morgan fingerprint density at radius 1 is 1.17 bits per heavy atom. The van der Waals surface area contributed by atoms with Gasteiger partial charge >= 0.3 is 0 Å². The molecule has 30 heavy (non-hydrogen) atoms. The van der Waals surface area contributed by atoms with E-state index >= 15 is 0 Å². The fraction of sp³-hybridized carbons (Fsp3) is 0.143. The third-order valence-electron chi connectivity index (χ3n) is 4.20. The van der Waals surface area contributed by atoms with Crippen molar-refractivity contribution in [3.63, 3.8) is 0 Å². The number of methoxy groups -OCH3 is 2. The molecule has 0 spiro atoms. The number of carbonyl (C=O) groups excluding carboxylic acids is 3. The number of para-hydroxylation sites is 1. The zero-order valence-electron chi connectivity index (χ0n) is 16.2. The molecule has 1 heterocycles. The van der Waals surface area contributed by atoms with Gasteiger partial charge in [0.05, 0.1) is 30.4 Å². The number of anilines is 1. The van der Waals surface area contributed by atoms with Crippen molar-refractivity contribution in [3.05, 3.63) is 58.5 Å². The number of imide groups is 1. The Balaban J connectivity index is 1.74. The minimum atomic E-state index is -0.577. The van der Waals surface area contributed by atoms with Crippen LogP contribution in [-0.2, 0) is 9.59 Å². The van der Waals surface area contributed by atoms with Gasteiger partial charge in [-0.05, 0) is 47.7 Å². The first-order chi connectivity index (χ1) is 14.5. The van der Waals surface area contributed by atoms with E-state index in [9.17, 15) is 14.4 Å². The largest absolute Gasteiger partial charge is 0.493 e. The van der Waals surface area contributed by atoms with Crippen LogP contribution < -0.4 is 14.8 Å². The Morgan fingerprint density at radius 2 is 1.90 bits per heavy atom. The lowest BCUT2D eigenvalue weighted by atomic mass is 10.2. The molecule has 0 radical (unpaired) electrons. The van der Waals surface area contributed by atoms with E-state index < -0.39 is 23.6 Å². The molecule has 1 fully saturated rings. The second kappa shape index (κ2) is 9.15. The van der Waals surface area contributed by atoms with E-state index in [0.717, 1.165) is 16.7 Å². The summed E-state index contributed by atoms with van der Waals surface area (Å²) >= 11 is 0.750. The van der Waals surface area contributed by atoms with Crippen LogP contribution in [0.25, 0.3) is 6.08 Å². The summed E-state index contributed by atoms with van der Waals surface area (Å²) in [4.78, 5) is 38.3. The van der Waals surface area contributed by atoms with Crippen molar-refractivity contribution < 1.29 is 23.9 Å². The smallest absolute Gasteiger partial charge is 0.294 e. The van der Waals surface area contributed by atoms with Gasteiger partial charge in [0.15, 0.2) is 11.5 Å². The van der Waals surface area contributed by atoms with Crippen LogP contribution in [0.15, 0.2) is 47.4 Å². The first-order valence-corrected chi connectivity index (χ1v) is 9.55. The lowest BCUT2D eigenvalue weighted by Crippen LogP contribution is -2.36. The third-order valence-corrected chi connectivity index (χ3v) is 5.11. The van der Waals surface area contributed by atoms with Gasteiger partial charge in [0.1, 0.15) is 12.6 Å². The van der Waals surface area contributed by atoms with Gasteiger partial charge < -0.3 is 14.8 Å². The molecule has 3 rings (SSSR count). The lowest BCUT2D eigenvalue weighted by molar-refractivity contribution is -0.127. The first-order valence-electron chi connectivity index (χ1n) is 8.73. The van der Waals surface area contributed by atoms with Crippen LogP contribution >= 0.6 is 11.8 Å². The highest BCUT2D eigenvalue weighted by Gasteiger charge is 2.36. The van der Waals surface area contributed by atoms with E-state index in [4.69, 9.17) is 14.7 Å². The summed E-state index contributed by atoms with van der Waals surface area (Å²) in [6, 6.07) is 13.5. The first kappa shape index (κ1) is 21.0. The molecule has 1 aliphatic rings. The SMILES string of the molecule is COc1ccc(C=C2SC(=O)N(CC(=O)Nc3ccccc3C#N)C2=O)cc1OC. The summed E-state index contributed by atoms with van der Waals surface area (Å²) in [6.07, 6.45) is 1.55. The minimum Gasteiger partial charge on any atom is -0.493 e. The number of benzene rings is 2. The molecule has 2 aromatic rings. The van der Waals surface area contributed by atoms with E-state index in [2.05, 4.69) is 5.32 Å².